The molecule has 0 unspecified atom stereocenters. The molecule has 0 spiro atoms. The zero-order chi connectivity index (χ0) is 15.5. The Morgan fingerprint density at radius 1 is 1.27 bits per heavy atom. The Bertz CT molecular complexity index is 545. The minimum atomic E-state index is 0.0369. The molecule has 1 N–H and O–H groups in total. The lowest BCUT2D eigenvalue weighted by Gasteiger charge is -2.28. The van der Waals surface area contributed by atoms with Gasteiger partial charge in [0.15, 0.2) is 0 Å². The average Bonchev–Trinajstić information content (AvgIpc) is 3.16. The third-order valence-corrected chi connectivity index (χ3v) is 5.62. The standard InChI is InChI=1S/C20H27NO/c1-3-15-4-6-16(7-5-15)9-11-20(22)21-14(2)19-13-17-8-10-18(19)12-17/h4-7,9,11,14,17-19H,3,8,10,12-13H2,1-2H3,(H,21,22)/b11-9+/t14-,17-,18-,19-/m1/s1. The second-order valence-corrected chi connectivity index (χ2v) is 7.06. The van der Waals surface area contributed by atoms with Crippen LogP contribution in [0.25, 0.3) is 6.08 Å². The summed E-state index contributed by atoms with van der Waals surface area (Å²) in [6.45, 7) is 4.32. The van der Waals surface area contributed by atoms with Gasteiger partial charge in [0.2, 0.25) is 5.91 Å². The second-order valence-electron chi connectivity index (χ2n) is 7.06. The third-order valence-electron chi connectivity index (χ3n) is 5.62. The topological polar surface area (TPSA) is 29.1 Å². The van der Waals surface area contributed by atoms with Crippen LogP contribution in [0.4, 0.5) is 0 Å². The van der Waals surface area contributed by atoms with Crippen molar-refractivity contribution in [3.8, 4) is 0 Å². The number of benzene rings is 1. The Morgan fingerprint density at radius 3 is 2.64 bits per heavy atom. The molecule has 1 amide bonds. The van der Waals surface area contributed by atoms with E-state index in [1.165, 1.54) is 31.2 Å². The highest BCUT2D eigenvalue weighted by atomic mass is 16.1. The van der Waals surface area contributed by atoms with Gasteiger partial charge in [0, 0.05) is 12.1 Å². The summed E-state index contributed by atoms with van der Waals surface area (Å²) in [6, 6.07) is 8.68. The molecule has 2 bridgehead atoms. The zero-order valence-corrected chi connectivity index (χ0v) is 13.7. The normalized spacial score (nSPS) is 28.2. The third kappa shape index (κ3) is 3.43. The molecule has 2 fully saturated rings. The molecule has 0 aromatic heterocycles. The van der Waals surface area contributed by atoms with Gasteiger partial charge in [-0.2, -0.15) is 0 Å². The Kier molecular flexibility index (Phi) is 4.66. The van der Waals surface area contributed by atoms with Gasteiger partial charge < -0.3 is 5.32 Å². The molecule has 4 atom stereocenters. The number of amides is 1. The number of carbonyl (C=O) groups excluding carboxylic acids is 1. The first-order chi connectivity index (χ1) is 10.7. The number of hydrogen-bond acceptors (Lipinski definition) is 1. The van der Waals surface area contributed by atoms with Crippen molar-refractivity contribution in [1.29, 1.82) is 0 Å². The molecule has 0 radical (unpaired) electrons. The summed E-state index contributed by atoms with van der Waals surface area (Å²) in [5.41, 5.74) is 2.41. The maximum atomic E-state index is 12.1. The number of rotatable bonds is 5. The van der Waals surface area contributed by atoms with E-state index < -0.39 is 0 Å². The largest absolute Gasteiger partial charge is 0.350 e. The van der Waals surface area contributed by atoms with Crippen LogP contribution in [-0.2, 0) is 11.2 Å². The van der Waals surface area contributed by atoms with Crippen LogP contribution in [0.2, 0.25) is 0 Å². The monoisotopic (exact) mass is 297 g/mol. The van der Waals surface area contributed by atoms with Crippen molar-refractivity contribution in [3.63, 3.8) is 0 Å². The molecule has 2 saturated carbocycles. The summed E-state index contributed by atoms with van der Waals surface area (Å²) in [7, 11) is 0. The average molecular weight is 297 g/mol. The van der Waals surface area contributed by atoms with Crippen molar-refractivity contribution in [1.82, 2.24) is 5.32 Å². The summed E-state index contributed by atoms with van der Waals surface area (Å²) >= 11 is 0. The van der Waals surface area contributed by atoms with Crippen molar-refractivity contribution >= 4 is 12.0 Å². The van der Waals surface area contributed by atoms with Gasteiger partial charge in [0.1, 0.15) is 0 Å². The summed E-state index contributed by atoms with van der Waals surface area (Å²) < 4.78 is 0. The van der Waals surface area contributed by atoms with E-state index in [2.05, 4.69) is 43.4 Å². The molecule has 0 heterocycles. The van der Waals surface area contributed by atoms with Crippen LogP contribution in [0.5, 0.6) is 0 Å². The van der Waals surface area contributed by atoms with Crippen LogP contribution < -0.4 is 5.32 Å². The van der Waals surface area contributed by atoms with Gasteiger partial charge in [-0.25, -0.2) is 0 Å². The van der Waals surface area contributed by atoms with Gasteiger partial charge in [-0.3, -0.25) is 4.79 Å². The first-order valence-corrected chi connectivity index (χ1v) is 8.73. The number of carbonyl (C=O) groups is 1. The Morgan fingerprint density at radius 2 is 2.05 bits per heavy atom. The molecule has 2 aliphatic carbocycles. The molecular formula is C20H27NO. The Balaban J connectivity index is 1.52. The molecule has 118 valence electrons. The van der Waals surface area contributed by atoms with Crippen LogP contribution in [0.1, 0.15) is 50.7 Å². The zero-order valence-electron chi connectivity index (χ0n) is 13.7. The molecule has 0 saturated heterocycles. The van der Waals surface area contributed by atoms with Crippen LogP contribution in [0.15, 0.2) is 30.3 Å². The van der Waals surface area contributed by atoms with Crippen molar-refractivity contribution < 1.29 is 4.79 Å². The minimum Gasteiger partial charge on any atom is -0.350 e. The summed E-state index contributed by atoms with van der Waals surface area (Å²) in [5.74, 6) is 2.52. The summed E-state index contributed by atoms with van der Waals surface area (Å²) in [5, 5.41) is 3.17. The molecular weight excluding hydrogens is 270 g/mol. The predicted molar refractivity (Wildman–Crippen MR) is 91.4 cm³/mol. The van der Waals surface area contributed by atoms with Gasteiger partial charge in [0.05, 0.1) is 0 Å². The minimum absolute atomic E-state index is 0.0369. The highest BCUT2D eigenvalue weighted by Crippen LogP contribution is 2.49. The van der Waals surface area contributed by atoms with Crippen LogP contribution >= 0.6 is 0 Å². The van der Waals surface area contributed by atoms with E-state index in [1.54, 1.807) is 6.08 Å². The maximum absolute atomic E-state index is 12.1. The fourth-order valence-corrected chi connectivity index (χ4v) is 4.32. The highest BCUT2D eigenvalue weighted by Gasteiger charge is 2.41. The number of fused-ring (bicyclic) bond motifs is 2. The van der Waals surface area contributed by atoms with Gasteiger partial charge in [0.25, 0.3) is 0 Å². The van der Waals surface area contributed by atoms with E-state index in [-0.39, 0.29) is 5.91 Å². The lowest BCUT2D eigenvalue weighted by atomic mass is 9.84. The Hall–Kier alpha value is -1.57. The van der Waals surface area contributed by atoms with Crippen molar-refractivity contribution in [2.45, 2.75) is 52.0 Å². The molecule has 1 aromatic rings. The van der Waals surface area contributed by atoms with E-state index in [4.69, 9.17) is 0 Å². The molecule has 2 nitrogen and oxygen atoms in total. The number of hydrogen-bond donors (Lipinski definition) is 1. The van der Waals surface area contributed by atoms with E-state index >= 15 is 0 Å². The predicted octanol–water partition coefficient (Wildman–Crippen LogP) is 4.20. The van der Waals surface area contributed by atoms with Gasteiger partial charge >= 0.3 is 0 Å². The van der Waals surface area contributed by atoms with Gasteiger partial charge in [-0.1, -0.05) is 37.6 Å². The fourth-order valence-electron chi connectivity index (χ4n) is 4.32. The lowest BCUT2D eigenvalue weighted by Crippen LogP contribution is -2.39. The van der Waals surface area contributed by atoms with Crippen molar-refractivity contribution in [2.24, 2.45) is 17.8 Å². The first kappa shape index (κ1) is 15.3. The molecule has 0 aliphatic heterocycles. The van der Waals surface area contributed by atoms with Crippen LogP contribution in [0, 0.1) is 17.8 Å². The second kappa shape index (κ2) is 6.68. The number of nitrogens with one attached hydrogen (secondary N) is 1. The molecule has 2 aliphatic rings. The first-order valence-electron chi connectivity index (χ1n) is 8.73. The lowest BCUT2D eigenvalue weighted by molar-refractivity contribution is -0.117. The SMILES string of the molecule is CCc1ccc(/C=C/C(=O)N[C@H](C)[C@H]2C[C@@H]3CC[C@@H]2C3)cc1. The highest BCUT2D eigenvalue weighted by molar-refractivity contribution is 5.91. The quantitative estimate of drug-likeness (QED) is 0.811. The van der Waals surface area contributed by atoms with Crippen molar-refractivity contribution in [2.75, 3.05) is 0 Å². The van der Waals surface area contributed by atoms with Gasteiger partial charge in [-0.15, -0.1) is 0 Å². The van der Waals surface area contributed by atoms with Gasteiger partial charge in [-0.05, 0) is 67.6 Å². The number of aryl methyl sites for hydroxylation is 1. The molecule has 22 heavy (non-hydrogen) atoms. The Labute approximate surface area is 134 Å². The molecule has 1 aromatic carbocycles. The van der Waals surface area contributed by atoms with Crippen LogP contribution in [-0.4, -0.2) is 11.9 Å². The van der Waals surface area contributed by atoms with E-state index in [0.29, 0.717) is 12.0 Å². The smallest absolute Gasteiger partial charge is 0.244 e. The molecule has 2 heteroatoms. The van der Waals surface area contributed by atoms with E-state index in [9.17, 15) is 4.79 Å². The molecule has 3 rings (SSSR count). The summed E-state index contributed by atoms with van der Waals surface area (Å²) in [4.78, 5) is 12.1. The van der Waals surface area contributed by atoms with Crippen molar-refractivity contribution in [3.05, 3.63) is 41.5 Å². The van der Waals surface area contributed by atoms with Crippen LogP contribution in [0.3, 0.4) is 0 Å². The summed E-state index contributed by atoms with van der Waals surface area (Å²) in [6.07, 6.45) is 10.1. The van der Waals surface area contributed by atoms with E-state index in [0.717, 1.165) is 23.8 Å². The van der Waals surface area contributed by atoms with E-state index in [1.807, 2.05) is 6.08 Å². The fraction of sp³-hybridized carbons (Fsp3) is 0.550. The maximum Gasteiger partial charge on any atom is 0.244 e.